The predicted molar refractivity (Wildman–Crippen MR) is 62.1 cm³/mol. The molecule has 0 spiro atoms. The lowest BCUT2D eigenvalue weighted by atomic mass is 10.3. The van der Waals surface area contributed by atoms with Gasteiger partial charge < -0.3 is 10.0 Å². The van der Waals surface area contributed by atoms with E-state index in [1.54, 1.807) is 18.3 Å². The Morgan fingerprint density at radius 2 is 2.27 bits per heavy atom. The van der Waals surface area contributed by atoms with Crippen LogP contribution in [0.4, 0.5) is 0 Å². The third kappa shape index (κ3) is 3.00. The van der Waals surface area contributed by atoms with Gasteiger partial charge in [-0.1, -0.05) is 0 Å². The van der Waals surface area contributed by atoms with Crippen molar-refractivity contribution in [1.82, 2.24) is 9.88 Å². The van der Waals surface area contributed by atoms with Crippen molar-refractivity contribution in [3.8, 4) is 0 Å². The quantitative estimate of drug-likeness (QED) is 0.851. The summed E-state index contributed by atoms with van der Waals surface area (Å²) in [5, 5.41) is 12.5. The highest BCUT2D eigenvalue weighted by Crippen LogP contribution is 2.17. The second kappa shape index (κ2) is 5.05. The van der Waals surface area contributed by atoms with Crippen LogP contribution >= 0.6 is 11.3 Å². The Bertz CT molecular complexity index is 305. The largest absolute Gasteiger partial charge is 0.387 e. The Hall–Kier alpha value is -0.450. The molecule has 3 nitrogen and oxygen atoms in total. The minimum absolute atomic E-state index is 0.429. The van der Waals surface area contributed by atoms with Gasteiger partial charge >= 0.3 is 0 Å². The van der Waals surface area contributed by atoms with Crippen molar-refractivity contribution in [3.05, 3.63) is 16.1 Å². The van der Waals surface area contributed by atoms with Crippen LogP contribution in [-0.4, -0.2) is 34.6 Å². The van der Waals surface area contributed by atoms with E-state index in [-0.39, 0.29) is 0 Å². The number of likely N-dealkylation sites (tertiary alicyclic amines) is 1. The number of aliphatic hydroxyl groups is 1. The molecule has 0 radical (unpaired) electrons. The summed E-state index contributed by atoms with van der Waals surface area (Å²) in [5.41, 5.74) is 0.816. The van der Waals surface area contributed by atoms with Crippen LogP contribution in [-0.2, 0) is 6.42 Å². The van der Waals surface area contributed by atoms with Gasteiger partial charge in [0.25, 0.3) is 0 Å². The third-order valence-corrected chi connectivity index (χ3v) is 3.76. The minimum Gasteiger partial charge on any atom is -0.387 e. The molecule has 0 bridgehead atoms. The molecular weight excluding hydrogens is 208 g/mol. The molecule has 2 rings (SSSR count). The standard InChI is InChI=1S/C11H18N2OS/c1-9(14)10-8-15-11(12-10)4-7-13-5-2-3-6-13/h8-9,14H,2-7H2,1H3. The van der Waals surface area contributed by atoms with Crippen molar-refractivity contribution in [2.45, 2.75) is 32.3 Å². The summed E-state index contributed by atoms with van der Waals surface area (Å²) < 4.78 is 0. The highest BCUT2D eigenvalue weighted by molar-refractivity contribution is 7.09. The Balaban J connectivity index is 1.82. The number of nitrogens with zero attached hydrogens (tertiary/aromatic N) is 2. The maximum Gasteiger partial charge on any atom is 0.0942 e. The third-order valence-electron chi connectivity index (χ3n) is 2.84. The second-order valence-electron chi connectivity index (χ2n) is 4.14. The van der Waals surface area contributed by atoms with Gasteiger partial charge in [0, 0.05) is 18.3 Å². The van der Waals surface area contributed by atoms with Crippen molar-refractivity contribution >= 4 is 11.3 Å². The monoisotopic (exact) mass is 226 g/mol. The van der Waals surface area contributed by atoms with Crippen molar-refractivity contribution in [1.29, 1.82) is 0 Å². The molecule has 0 amide bonds. The number of aliphatic hydroxyl groups excluding tert-OH is 1. The molecule has 84 valence electrons. The fraction of sp³-hybridized carbons (Fsp3) is 0.727. The van der Waals surface area contributed by atoms with Crippen LogP contribution in [0.25, 0.3) is 0 Å². The lowest BCUT2D eigenvalue weighted by molar-refractivity contribution is 0.195. The van der Waals surface area contributed by atoms with E-state index in [1.807, 2.05) is 5.38 Å². The zero-order valence-corrected chi connectivity index (χ0v) is 9.96. The van der Waals surface area contributed by atoms with Crippen molar-refractivity contribution in [2.24, 2.45) is 0 Å². The molecular formula is C11H18N2OS. The zero-order chi connectivity index (χ0) is 10.7. The number of hydrogen-bond acceptors (Lipinski definition) is 4. The first-order valence-corrected chi connectivity index (χ1v) is 6.48. The van der Waals surface area contributed by atoms with Gasteiger partial charge in [-0.2, -0.15) is 0 Å². The van der Waals surface area contributed by atoms with Gasteiger partial charge in [-0.15, -0.1) is 11.3 Å². The molecule has 1 fully saturated rings. The van der Waals surface area contributed by atoms with Crippen molar-refractivity contribution in [2.75, 3.05) is 19.6 Å². The molecule has 1 aromatic rings. The normalized spacial score (nSPS) is 19.6. The second-order valence-corrected chi connectivity index (χ2v) is 5.08. The predicted octanol–water partition coefficient (Wildman–Crippen LogP) is 1.83. The summed E-state index contributed by atoms with van der Waals surface area (Å²) in [4.78, 5) is 6.90. The van der Waals surface area contributed by atoms with E-state index in [2.05, 4.69) is 9.88 Å². The molecule has 1 aromatic heterocycles. The van der Waals surface area contributed by atoms with Crippen LogP contribution in [0.2, 0.25) is 0 Å². The number of rotatable bonds is 4. The minimum atomic E-state index is -0.429. The Kier molecular flexibility index (Phi) is 3.72. The van der Waals surface area contributed by atoms with Crippen LogP contribution in [0, 0.1) is 0 Å². The van der Waals surface area contributed by atoms with E-state index < -0.39 is 6.10 Å². The average Bonchev–Trinajstić information content (AvgIpc) is 2.86. The smallest absolute Gasteiger partial charge is 0.0942 e. The molecule has 1 aliphatic rings. The lowest BCUT2D eigenvalue weighted by Crippen LogP contribution is -2.21. The van der Waals surface area contributed by atoms with Gasteiger partial charge in [0.2, 0.25) is 0 Å². The molecule has 1 unspecified atom stereocenters. The van der Waals surface area contributed by atoms with Gasteiger partial charge in [-0.3, -0.25) is 0 Å². The van der Waals surface area contributed by atoms with E-state index in [0.717, 1.165) is 23.7 Å². The maximum atomic E-state index is 9.35. The van der Waals surface area contributed by atoms with Crippen molar-refractivity contribution < 1.29 is 5.11 Å². The summed E-state index contributed by atoms with van der Waals surface area (Å²) >= 11 is 1.66. The molecule has 2 heterocycles. The van der Waals surface area contributed by atoms with Gasteiger partial charge in [-0.05, 0) is 32.9 Å². The summed E-state index contributed by atoms with van der Waals surface area (Å²) in [6.07, 6.45) is 3.28. The van der Waals surface area contributed by atoms with Gasteiger partial charge in [0.05, 0.1) is 16.8 Å². The Morgan fingerprint density at radius 1 is 1.53 bits per heavy atom. The van der Waals surface area contributed by atoms with E-state index in [4.69, 9.17) is 0 Å². The molecule has 0 saturated carbocycles. The summed E-state index contributed by atoms with van der Waals surface area (Å²) in [7, 11) is 0. The molecule has 1 N–H and O–H groups in total. The van der Waals surface area contributed by atoms with E-state index in [1.165, 1.54) is 25.9 Å². The molecule has 4 heteroatoms. The first-order chi connectivity index (χ1) is 7.25. The van der Waals surface area contributed by atoms with Crippen LogP contribution in [0.1, 0.15) is 36.6 Å². The molecule has 0 aliphatic carbocycles. The highest BCUT2D eigenvalue weighted by atomic mass is 32.1. The molecule has 15 heavy (non-hydrogen) atoms. The van der Waals surface area contributed by atoms with Crippen LogP contribution in [0.3, 0.4) is 0 Å². The van der Waals surface area contributed by atoms with E-state index in [9.17, 15) is 5.11 Å². The number of aromatic nitrogens is 1. The number of hydrogen-bond donors (Lipinski definition) is 1. The fourth-order valence-electron chi connectivity index (χ4n) is 1.89. The van der Waals surface area contributed by atoms with Crippen LogP contribution < -0.4 is 0 Å². The van der Waals surface area contributed by atoms with E-state index in [0.29, 0.717) is 0 Å². The number of thiazole rings is 1. The first kappa shape index (κ1) is 11.0. The topological polar surface area (TPSA) is 36.4 Å². The maximum absolute atomic E-state index is 9.35. The van der Waals surface area contributed by atoms with Crippen molar-refractivity contribution in [3.63, 3.8) is 0 Å². The van der Waals surface area contributed by atoms with Gasteiger partial charge in [0.15, 0.2) is 0 Å². The lowest BCUT2D eigenvalue weighted by Gasteiger charge is -2.12. The highest BCUT2D eigenvalue weighted by Gasteiger charge is 2.12. The Labute approximate surface area is 94.8 Å². The first-order valence-electron chi connectivity index (χ1n) is 5.60. The Morgan fingerprint density at radius 3 is 2.87 bits per heavy atom. The van der Waals surface area contributed by atoms with E-state index >= 15 is 0 Å². The van der Waals surface area contributed by atoms with Gasteiger partial charge in [-0.25, -0.2) is 4.98 Å². The molecule has 1 atom stereocenters. The average molecular weight is 226 g/mol. The molecule has 1 aliphatic heterocycles. The van der Waals surface area contributed by atoms with Crippen LogP contribution in [0.15, 0.2) is 5.38 Å². The summed E-state index contributed by atoms with van der Waals surface area (Å²) in [5.74, 6) is 0. The fourth-order valence-corrected chi connectivity index (χ4v) is 2.77. The molecule has 1 saturated heterocycles. The van der Waals surface area contributed by atoms with Gasteiger partial charge in [0.1, 0.15) is 0 Å². The zero-order valence-electron chi connectivity index (χ0n) is 9.15. The summed E-state index contributed by atoms with van der Waals surface area (Å²) in [6.45, 7) is 5.37. The summed E-state index contributed by atoms with van der Waals surface area (Å²) in [6, 6.07) is 0. The SMILES string of the molecule is CC(O)c1csc(CCN2CCCC2)n1. The molecule has 0 aromatic carbocycles. The van der Waals surface area contributed by atoms with Crippen LogP contribution in [0.5, 0.6) is 0 Å².